The average Bonchev–Trinajstić information content (AvgIpc) is 3.33. The van der Waals surface area contributed by atoms with E-state index in [9.17, 15) is 9.59 Å². The molecule has 2 aliphatic heterocycles. The Labute approximate surface area is 164 Å². The number of amides is 2. The second kappa shape index (κ2) is 7.92. The number of nitrogens with one attached hydrogen (secondary N) is 1. The third-order valence-corrected chi connectivity index (χ3v) is 5.26. The first-order valence-electron chi connectivity index (χ1n) is 9.64. The first kappa shape index (κ1) is 18.3. The molecular weight excluding hydrogens is 356 g/mol. The second-order valence-corrected chi connectivity index (χ2v) is 7.38. The molecule has 1 saturated heterocycles. The van der Waals surface area contributed by atoms with Crippen molar-refractivity contribution < 1.29 is 19.1 Å². The van der Waals surface area contributed by atoms with Crippen molar-refractivity contribution in [2.45, 2.75) is 32.2 Å². The van der Waals surface area contributed by atoms with E-state index in [2.05, 4.69) is 17.4 Å². The molecule has 6 heteroatoms. The lowest BCUT2D eigenvalue weighted by Crippen LogP contribution is -2.38. The number of benzene rings is 2. The lowest BCUT2D eigenvalue weighted by molar-refractivity contribution is -0.126. The van der Waals surface area contributed by atoms with Crippen molar-refractivity contribution in [3.8, 4) is 11.5 Å². The zero-order valence-corrected chi connectivity index (χ0v) is 15.9. The number of hydrogen-bond donors (Lipinski definition) is 1. The fourth-order valence-electron chi connectivity index (χ4n) is 3.65. The highest BCUT2D eigenvalue weighted by Crippen LogP contribution is 2.37. The molecular formula is C22H24N2O4. The minimum absolute atomic E-state index is 0.0454. The molecule has 0 aliphatic carbocycles. The van der Waals surface area contributed by atoms with Crippen LogP contribution in [0.1, 0.15) is 25.3 Å². The molecule has 146 valence electrons. The molecule has 0 radical (unpaired) electrons. The van der Waals surface area contributed by atoms with E-state index in [1.54, 1.807) is 17.0 Å². The largest absolute Gasteiger partial charge is 0.454 e. The SMILES string of the molecule is CC(CCc1ccccc1)NC(=O)C1CC(=O)N(c2ccc3c(c2)OCO3)C1. The minimum Gasteiger partial charge on any atom is -0.454 e. The van der Waals surface area contributed by atoms with Crippen LogP contribution in [0.25, 0.3) is 0 Å². The molecule has 0 aromatic heterocycles. The van der Waals surface area contributed by atoms with E-state index in [0.29, 0.717) is 18.0 Å². The van der Waals surface area contributed by atoms with E-state index in [1.807, 2.05) is 31.2 Å². The van der Waals surface area contributed by atoms with Crippen LogP contribution < -0.4 is 19.7 Å². The molecule has 0 spiro atoms. The van der Waals surface area contributed by atoms with Gasteiger partial charge in [0, 0.05) is 30.8 Å². The molecule has 1 fully saturated rings. The predicted octanol–water partition coefficient (Wildman–Crippen LogP) is 2.91. The Morgan fingerprint density at radius 1 is 1.18 bits per heavy atom. The minimum atomic E-state index is -0.336. The summed E-state index contributed by atoms with van der Waals surface area (Å²) in [6.45, 7) is 2.58. The lowest BCUT2D eigenvalue weighted by atomic mass is 10.0. The maximum absolute atomic E-state index is 12.6. The van der Waals surface area contributed by atoms with Gasteiger partial charge in [0.15, 0.2) is 11.5 Å². The Morgan fingerprint density at radius 2 is 1.96 bits per heavy atom. The summed E-state index contributed by atoms with van der Waals surface area (Å²) in [5.74, 6) is 0.870. The van der Waals surface area contributed by atoms with Crippen molar-refractivity contribution in [1.29, 1.82) is 0 Å². The highest BCUT2D eigenvalue weighted by Gasteiger charge is 2.36. The van der Waals surface area contributed by atoms with Gasteiger partial charge in [-0.05, 0) is 37.5 Å². The van der Waals surface area contributed by atoms with Crippen LogP contribution >= 0.6 is 0 Å². The predicted molar refractivity (Wildman–Crippen MR) is 105 cm³/mol. The standard InChI is InChI=1S/C22H24N2O4/c1-15(7-8-16-5-3-2-4-6-16)23-22(26)17-11-21(25)24(13-17)18-9-10-19-20(12-18)28-14-27-19/h2-6,9-10,12,15,17H,7-8,11,13-14H2,1H3,(H,23,26). The molecule has 2 aromatic carbocycles. The lowest BCUT2D eigenvalue weighted by Gasteiger charge is -2.19. The Kier molecular flexibility index (Phi) is 5.19. The molecule has 2 amide bonds. The molecule has 0 saturated carbocycles. The summed E-state index contributed by atoms with van der Waals surface area (Å²) in [7, 11) is 0. The fraction of sp³-hybridized carbons (Fsp3) is 0.364. The third kappa shape index (κ3) is 3.96. The van der Waals surface area contributed by atoms with Crippen molar-refractivity contribution in [2.24, 2.45) is 5.92 Å². The van der Waals surface area contributed by atoms with E-state index < -0.39 is 0 Å². The zero-order chi connectivity index (χ0) is 19.5. The van der Waals surface area contributed by atoms with E-state index in [4.69, 9.17) is 9.47 Å². The summed E-state index contributed by atoms with van der Waals surface area (Å²) in [5.41, 5.74) is 2.00. The van der Waals surface area contributed by atoms with Crippen molar-refractivity contribution in [3.63, 3.8) is 0 Å². The number of anilines is 1. The van der Waals surface area contributed by atoms with E-state index in [-0.39, 0.29) is 37.0 Å². The smallest absolute Gasteiger partial charge is 0.231 e. The molecule has 4 rings (SSSR count). The van der Waals surface area contributed by atoms with Crippen molar-refractivity contribution in [1.82, 2.24) is 5.32 Å². The number of carbonyl (C=O) groups is 2. The van der Waals surface area contributed by atoms with Gasteiger partial charge in [-0.2, -0.15) is 0 Å². The van der Waals surface area contributed by atoms with Crippen LogP contribution in [0.2, 0.25) is 0 Å². The van der Waals surface area contributed by atoms with Crippen molar-refractivity contribution in [3.05, 3.63) is 54.1 Å². The van der Waals surface area contributed by atoms with E-state index >= 15 is 0 Å². The number of ether oxygens (including phenoxy) is 2. The van der Waals surface area contributed by atoms with Crippen LogP contribution in [0, 0.1) is 5.92 Å². The monoisotopic (exact) mass is 380 g/mol. The van der Waals surface area contributed by atoms with E-state index in [1.165, 1.54) is 5.56 Å². The number of fused-ring (bicyclic) bond motifs is 1. The Balaban J connectivity index is 1.32. The fourth-order valence-corrected chi connectivity index (χ4v) is 3.65. The molecule has 2 aromatic rings. The van der Waals surface area contributed by atoms with Gasteiger partial charge in [0.05, 0.1) is 5.92 Å². The van der Waals surface area contributed by atoms with Gasteiger partial charge in [-0.15, -0.1) is 0 Å². The summed E-state index contributed by atoms with van der Waals surface area (Å²) in [6, 6.07) is 15.7. The number of aryl methyl sites for hydroxylation is 1. The highest BCUT2D eigenvalue weighted by atomic mass is 16.7. The first-order valence-corrected chi connectivity index (χ1v) is 9.64. The molecule has 6 nitrogen and oxygen atoms in total. The molecule has 28 heavy (non-hydrogen) atoms. The van der Waals surface area contributed by atoms with Gasteiger partial charge in [-0.3, -0.25) is 9.59 Å². The van der Waals surface area contributed by atoms with Crippen molar-refractivity contribution in [2.75, 3.05) is 18.2 Å². The van der Waals surface area contributed by atoms with Gasteiger partial charge in [0.2, 0.25) is 18.6 Å². The van der Waals surface area contributed by atoms with Gasteiger partial charge >= 0.3 is 0 Å². The number of hydrogen-bond acceptors (Lipinski definition) is 4. The summed E-state index contributed by atoms with van der Waals surface area (Å²) in [6.07, 6.45) is 2.00. The maximum Gasteiger partial charge on any atom is 0.231 e. The Bertz CT molecular complexity index is 868. The van der Waals surface area contributed by atoms with Gasteiger partial charge in [-0.25, -0.2) is 0 Å². The summed E-state index contributed by atoms with van der Waals surface area (Å²) < 4.78 is 10.7. The number of nitrogens with zero attached hydrogens (tertiary/aromatic N) is 1. The van der Waals surface area contributed by atoms with Crippen LogP contribution in [0.4, 0.5) is 5.69 Å². The van der Waals surface area contributed by atoms with Crippen LogP contribution in [0.5, 0.6) is 11.5 Å². The highest BCUT2D eigenvalue weighted by molar-refractivity contribution is 6.00. The third-order valence-electron chi connectivity index (χ3n) is 5.26. The molecule has 1 N–H and O–H groups in total. The van der Waals surface area contributed by atoms with Crippen LogP contribution in [-0.2, 0) is 16.0 Å². The quantitative estimate of drug-likeness (QED) is 0.837. The van der Waals surface area contributed by atoms with Crippen LogP contribution in [-0.4, -0.2) is 31.2 Å². The van der Waals surface area contributed by atoms with Gasteiger partial charge in [0.1, 0.15) is 0 Å². The normalized spacial score (nSPS) is 19.0. The number of carbonyl (C=O) groups excluding carboxylic acids is 2. The van der Waals surface area contributed by atoms with Crippen LogP contribution in [0.15, 0.2) is 48.5 Å². The topological polar surface area (TPSA) is 67.9 Å². The average molecular weight is 380 g/mol. The molecule has 2 unspecified atom stereocenters. The zero-order valence-electron chi connectivity index (χ0n) is 15.9. The number of rotatable bonds is 6. The van der Waals surface area contributed by atoms with Gasteiger partial charge < -0.3 is 19.7 Å². The molecule has 2 atom stereocenters. The summed E-state index contributed by atoms with van der Waals surface area (Å²) in [5, 5.41) is 3.06. The van der Waals surface area contributed by atoms with Crippen LogP contribution in [0.3, 0.4) is 0 Å². The first-order chi connectivity index (χ1) is 13.6. The molecule has 2 aliphatic rings. The second-order valence-electron chi connectivity index (χ2n) is 7.38. The van der Waals surface area contributed by atoms with Crippen molar-refractivity contribution >= 4 is 17.5 Å². The maximum atomic E-state index is 12.6. The molecule has 0 bridgehead atoms. The van der Waals surface area contributed by atoms with Gasteiger partial charge in [0.25, 0.3) is 0 Å². The van der Waals surface area contributed by atoms with Gasteiger partial charge in [-0.1, -0.05) is 30.3 Å². The molecule has 2 heterocycles. The summed E-state index contributed by atoms with van der Waals surface area (Å²) >= 11 is 0. The Morgan fingerprint density at radius 3 is 2.79 bits per heavy atom. The van der Waals surface area contributed by atoms with E-state index in [0.717, 1.165) is 18.5 Å². The Hall–Kier alpha value is -3.02. The summed E-state index contributed by atoms with van der Waals surface area (Å²) in [4.78, 5) is 26.8.